The summed E-state index contributed by atoms with van der Waals surface area (Å²) in [6.07, 6.45) is 1.59. The van der Waals surface area contributed by atoms with Gasteiger partial charge in [0.2, 0.25) is 11.8 Å². The quantitative estimate of drug-likeness (QED) is 0.726. The van der Waals surface area contributed by atoms with Gasteiger partial charge in [0, 0.05) is 17.6 Å². The van der Waals surface area contributed by atoms with Crippen LogP contribution in [0.3, 0.4) is 0 Å². The van der Waals surface area contributed by atoms with Crippen LogP contribution < -0.4 is 11.5 Å². The van der Waals surface area contributed by atoms with Gasteiger partial charge in [0.05, 0.1) is 13.1 Å². The number of aromatic nitrogens is 1. The number of carbonyl (C=O) groups is 2. The zero-order valence-electron chi connectivity index (χ0n) is 8.35. The molecular formula is C8H11ClN4O2S. The number of halogens is 1. The van der Waals surface area contributed by atoms with Gasteiger partial charge < -0.3 is 11.5 Å². The molecule has 0 aliphatic carbocycles. The van der Waals surface area contributed by atoms with E-state index in [0.29, 0.717) is 11.0 Å². The van der Waals surface area contributed by atoms with Crippen molar-refractivity contribution in [3.63, 3.8) is 0 Å². The van der Waals surface area contributed by atoms with Crippen molar-refractivity contribution < 1.29 is 9.59 Å². The van der Waals surface area contributed by atoms with Crippen LogP contribution >= 0.6 is 22.9 Å². The van der Waals surface area contributed by atoms with Crippen molar-refractivity contribution in [3.8, 4) is 0 Å². The number of hydrogen-bond donors (Lipinski definition) is 2. The van der Waals surface area contributed by atoms with Gasteiger partial charge in [-0.05, 0) is 0 Å². The third-order valence-corrected chi connectivity index (χ3v) is 2.76. The predicted octanol–water partition coefficient (Wildman–Crippen LogP) is -0.431. The molecule has 0 spiro atoms. The highest BCUT2D eigenvalue weighted by Crippen LogP contribution is 2.19. The van der Waals surface area contributed by atoms with Crippen LogP contribution in [0.4, 0.5) is 0 Å². The Bertz CT molecular complexity index is 379. The number of carbonyl (C=O) groups excluding carboxylic acids is 2. The number of primary amides is 2. The Morgan fingerprint density at radius 1 is 1.38 bits per heavy atom. The molecule has 6 nitrogen and oxygen atoms in total. The van der Waals surface area contributed by atoms with E-state index in [-0.39, 0.29) is 13.1 Å². The zero-order chi connectivity index (χ0) is 12.1. The molecule has 16 heavy (non-hydrogen) atoms. The Kier molecular flexibility index (Phi) is 4.66. The van der Waals surface area contributed by atoms with E-state index in [2.05, 4.69) is 4.98 Å². The van der Waals surface area contributed by atoms with Gasteiger partial charge in [-0.3, -0.25) is 14.5 Å². The lowest BCUT2D eigenvalue weighted by molar-refractivity contribution is -0.122. The summed E-state index contributed by atoms with van der Waals surface area (Å²) in [5.41, 5.74) is 10.1. The number of rotatable bonds is 6. The topological polar surface area (TPSA) is 102 Å². The largest absolute Gasteiger partial charge is 0.369 e. The van der Waals surface area contributed by atoms with Gasteiger partial charge in [-0.1, -0.05) is 11.6 Å². The molecule has 1 rings (SSSR count). The third kappa shape index (κ3) is 4.56. The number of nitrogens with zero attached hydrogens (tertiary/aromatic N) is 2. The van der Waals surface area contributed by atoms with E-state index in [4.69, 9.17) is 23.1 Å². The maximum Gasteiger partial charge on any atom is 0.231 e. The minimum absolute atomic E-state index is 0.0293. The normalized spacial score (nSPS) is 10.6. The maximum absolute atomic E-state index is 10.8. The average Bonchev–Trinajstić information content (AvgIpc) is 2.48. The number of thiazole rings is 1. The second-order valence-electron chi connectivity index (χ2n) is 3.16. The molecule has 1 heterocycles. The first-order chi connectivity index (χ1) is 7.47. The Balaban J connectivity index is 2.62. The van der Waals surface area contributed by atoms with E-state index >= 15 is 0 Å². The van der Waals surface area contributed by atoms with Crippen LogP contribution in [-0.4, -0.2) is 34.8 Å². The Morgan fingerprint density at radius 3 is 2.31 bits per heavy atom. The first-order valence-corrected chi connectivity index (χ1v) is 5.56. The number of nitrogens with two attached hydrogens (primary N) is 2. The minimum Gasteiger partial charge on any atom is -0.369 e. The fourth-order valence-corrected chi connectivity index (χ4v) is 2.21. The summed E-state index contributed by atoms with van der Waals surface area (Å²) in [5, 5.41) is 0. The molecule has 8 heteroatoms. The average molecular weight is 263 g/mol. The monoisotopic (exact) mass is 262 g/mol. The molecule has 0 unspecified atom stereocenters. The lowest BCUT2D eigenvalue weighted by Crippen LogP contribution is -2.38. The predicted molar refractivity (Wildman–Crippen MR) is 60.8 cm³/mol. The van der Waals surface area contributed by atoms with E-state index in [1.165, 1.54) is 16.2 Å². The van der Waals surface area contributed by atoms with Gasteiger partial charge >= 0.3 is 0 Å². The van der Waals surface area contributed by atoms with Crippen LogP contribution in [0.15, 0.2) is 6.20 Å². The molecule has 0 aliphatic rings. The van der Waals surface area contributed by atoms with Gasteiger partial charge in [0.25, 0.3) is 0 Å². The smallest absolute Gasteiger partial charge is 0.231 e. The summed E-state index contributed by atoms with van der Waals surface area (Å²) in [6, 6.07) is 0. The first kappa shape index (κ1) is 12.9. The summed E-state index contributed by atoms with van der Waals surface area (Å²) in [4.78, 5) is 27.8. The fraction of sp³-hybridized carbons (Fsp3) is 0.375. The van der Waals surface area contributed by atoms with Crippen molar-refractivity contribution >= 4 is 34.8 Å². The van der Waals surface area contributed by atoms with Crippen molar-refractivity contribution in [2.45, 2.75) is 6.54 Å². The van der Waals surface area contributed by atoms with Crippen LogP contribution in [0.25, 0.3) is 0 Å². The lowest BCUT2D eigenvalue weighted by atomic mass is 10.4. The summed E-state index contributed by atoms with van der Waals surface area (Å²) in [6.45, 7) is 0.313. The summed E-state index contributed by atoms with van der Waals surface area (Å²) in [7, 11) is 0. The van der Waals surface area contributed by atoms with Crippen molar-refractivity contribution in [1.82, 2.24) is 9.88 Å². The molecule has 0 aromatic carbocycles. The maximum atomic E-state index is 10.8. The van der Waals surface area contributed by atoms with Crippen LogP contribution in [0.1, 0.15) is 4.88 Å². The fourth-order valence-electron chi connectivity index (χ4n) is 1.19. The zero-order valence-corrected chi connectivity index (χ0v) is 9.92. The van der Waals surface area contributed by atoms with E-state index in [0.717, 1.165) is 4.88 Å². The molecular weight excluding hydrogens is 252 g/mol. The minimum atomic E-state index is -0.517. The van der Waals surface area contributed by atoms with Crippen LogP contribution in [0, 0.1) is 0 Å². The highest BCUT2D eigenvalue weighted by atomic mass is 35.5. The van der Waals surface area contributed by atoms with Crippen LogP contribution in [0.5, 0.6) is 0 Å². The third-order valence-electron chi connectivity index (χ3n) is 1.66. The molecule has 2 amide bonds. The second-order valence-corrected chi connectivity index (χ2v) is 4.85. The Hall–Kier alpha value is -1.18. The summed E-state index contributed by atoms with van der Waals surface area (Å²) < 4.78 is 0.410. The standard InChI is InChI=1S/C8H11ClN4O2S/c9-8-12-1-5(16-8)2-13(3-6(10)14)4-7(11)15/h1H,2-4H2,(H2,10,14)(H2,11,15). The first-order valence-electron chi connectivity index (χ1n) is 4.36. The SMILES string of the molecule is NC(=O)CN(CC(N)=O)Cc1cnc(Cl)s1. The number of amides is 2. The van der Waals surface area contributed by atoms with Crippen molar-refractivity contribution in [2.75, 3.05) is 13.1 Å². The number of hydrogen-bond acceptors (Lipinski definition) is 5. The molecule has 0 atom stereocenters. The van der Waals surface area contributed by atoms with E-state index in [9.17, 15) is 9.59 Å². The Morgan fingerprint density at radius 2 is 1.94 bits per heavy atom. The molecule has 0 fully saturated rings. The Labute approximate surface area is 101 Å². The van der Waals surface area contributed by atoms with Gasteiger partial charge in [-0.15, -0.1) is 11.3 Å². The molecule has 0 aliphatic heterocycles. The molecule has 1 aromatic heterocycles. The molecule has 0 saturated carbocycles. The molecule has 0 radical (unpaired) electrons. The van der Waals surface area contributed by atoms with Gasteiger partial charge in [0.1, 0.15) is 0 Å². The second kappa shape index (κ2) is 5.78. The van der Waals surface area contributed by atoms with E-state index in [1.54, 1.807) is 6.20 Å². The van der Waals surface area contributed by atoms with Gasteiger partial charge in [-0.25, -0.2) is 4.98 Å². The van der Waals surface area contributed by atoms with E-state index in [1.807, 2.05) is 0 Å². The van der Waals surface area contributed by atoms with Crippen molar-refractivity contribution in [1.29, 1.82) is 0 Å². The summed E-state index contributed by atoms with van der Waals surface area (Å²) >= 11 is 6.94. The summed E-state index contributed by atoms with van der Waals surface area (Å²) in [5.74, 6) is -1.03. The molecule has 88 valence electrons. The van der Waals surface area contributed by atoms with Crippen LogP contribution in [-0.2, 0) is 16.1 Å². The molecule has 0 bridgehead atoms. The molecule has 1 aromatic rings. The van der Waals surface area contributed by atoms with Crippen molar-refractivity contribution in [3.05, 3.63) is 15.5 Å². The van der Waals surface area contributed by atoms with Gasteiger partial charge in [0.15, 0.2) is 4.47 Å². The van der Waals surface area contributed by atoms with Gasteiger partial charge in [-0.2, -0.15) is 0 Å². The lowest BCUT2D eigenvalue weighted by Gasteiger charge is -2.17. The van der Waals surface area contributed by atoms with E-state index < -0.39 is 11.8 Å². The highest BCUT2D eigenvalue weighted by Gasteiger charge is 2.13. The molecule has 4 N–H and O–H groups in total. The van der Waals surface area contributed by atoms with Crippen LogP contribution in [0.2, 0.25) is 4.47 Å². The van der Waals surface area contributed by atoms with Crippen molar-refractivity contribution in [2.24, 2.45) is 11.5 Å². The molecule has 0 saturated heterocycles. The highest BCUT2D eigenvalue weighted by molar-refractivity contribution is 7.15.